The molecule has 1 N–H and O–H groups in total. The van der Waals surface area contributed by atoms with Gasteiger partial charge in [-0.3, -0.25) is 9.69 Å². The second-order valence-corrected chi connectivity index (χ2v) is 5.39. The lowest BCUT2D eigenvalue weighted by molar-refractivity contribution is -0.208. The van der Waals surface area contributed by atoms with Crippen LogP contribution in [0.4, 0.5) is 13.2 Å². The Morgan fingerprint density at radius 1 is 1.33 bits per heavy atom. The number of Topliss-reactive ketones (excluding diaryl/α,β-unsaturated/α-hetero) is 1. The minimum absolute atomic E-state index is 0.0400. The Morgan fingerprint density at radius 3 is 2.62 bits per heavy atom. The molecule has 1 fully saturated rings. The number of ketones is 1. The van der Waals surface area contributed by atoms with Gasteiger partial charge in [0.05, 0.1) is 0 Å². The van der Waals surface area contributed by atoms with Gasteiger partial charge in [-0.1, -0.05) is 30.3 Å². The lowest BCUT2D eigenvalue weighted by Crippen LogP contribution is -2.46. The molecular weight excluding hydrogens is 283 g/mol. The Labute approximate surface area is 121 Å². The first-order valence-electron chi connectivity index (χ1n) is 6.94. The fraction of sp³-hybridized carbons (Fsp3) is 0.533. The Morgan fingerprint density at radius 2 is 2.00 bits per heavy atom. The number of β-amino-alcohol motifs (C(OH)–C–C–N with tert-alkyl or cyclic N) is 1. The van der Waals surface area contributed by atoms with Crippen LogP contribution in [0.2, 0.25) is 0 Å². The maximum atomic E-state index is 12.4. The van der Waals surface area contributed by atoms with Crippen LogP contribution in [0.25, 0.3) is 0 Å². The summed E-state index contributed by atoms with van der Waals surface area (Å²) in [4.78, 5) is 13.8. The molecule has 0 aliphatic carbocycles. The zero-order chi connectivity index (χ0) is 15.5. The molecule has 6 heteroatoms. The molecule has 3 nitrogen and oxygen atoms in total. The van der Waals surface area contributed by atoms with E-state index in [9.17, 15) is 18.0 Å². The van der Waals surface area contributed by atoms with E-state index in [1.165, 1.54) is 4.90 Å². The zero-order valence-corrected chi connectivity index (χ0v) is 11.5. The monoisotopic (exact) mass is 301 g/mol. The number of likely N-dealkylation sites (tertiary alicyclic amines) is 1. The molecule has 2 atom stereocenters. The van der Waals surface area contributed by atoms with E-state index in [0.717, 1.165) is 0 Å². The van der Waals surface area contributed by atoms with Crippen LogP contribution in [-0.2, 0) is 0 Å². The van der Waals surface area contributed by atoms with Gasteiger partial charge in [-0.2, -0.15) is 13.2 Å². The fourth-order valence-corrected chi connectivity index (χ4v) is 2.62. The van der Waals surface area contributed by atoms with E-state index in [4.69, 9.17) is 5.11 Å². The third-order valence-electron chi connectivity index (χ3n) is 3.74. The van der Waals surface area contributed by atoms with Crippen molar-refractivity contribution in [2.45, 2.75) is 25.1 Å². The Hall–Kier alpha value is -1.40. The summed E-state index contributed by atoms with van der Waals surface area (Å²) in [6, 6.07) is 8.77. The largest absolute Gasteiger partial charge is 0.415 e. The summed E-state index contributed by atoms with van der Waals surface area (Å²) in [5.41, 5.74) is 0.584. The number of hydrogen-bond acceptors (Lipinski definition) is 3. The third-order valence-corrected chi connectivity index (χ3v) is 3.74. The summed E-state index contributed by atoms with van der Waals surface area (Å²) in [5, 5.41) is 9.13. The predicted molar refractivity (Wildman–Crippen MR) is 72.0 cm³/mol. The third kappa shape index (κ3) is 4.28. The van der Waals surface area contributed by atoms with Crippen LogP contribution in [0, 0.1) is 5.92 Å². The van der Waals surface area contributed by atoms with Crippen molar-refractivity contribution in [1.29, 1.82) is 0 Å². The van der Waals surface area contributed by atoms with Gasteiger partial charge in [-0.25, -0.2) is 0 Å². The van der Waals surface area contributed by atoms with Crippen molar-refractivity contribution in [3.8, 4) is 0 Å². The number of carbonyl (C=O) groups excluding carboxylic acids is 1. The number of halogens is 3. The maximum Gasteiger partial charge on any atom is 0.415 e. The highest BCUT2D eigenvalue weighted by atomic mass is 19.4. The van der Waals surface area contributed by atoms with Crippen molar-refractivity contribution in [3.63, 3.8) is 0 Å². The van der Waals surface area contributed by atoms with Crippen molar-refractivity contribution >= 4 is 5.78 Å². The fourth-order valence-electron chi connectivity index (χ4n) is 2.62. The van der Waals surface area contributed by atoms with Crippen LogP contribution in [0.1, 0.15) is 23.2 Å². The molecule has 1 heterocycles. The second kappa shape index (κ2) is 6.58. The van der Waals surface area contributed by atoms with Gasteiger partial charge in [0.1, 0.15) is 0 Å². The van der Waals surface area contributed by atoms with E-state index >= 15 is 0 Å². The quantitative estimate of drug-likeness (QED) is 0.869. The van der Waals surface area contributed by atoms with Crippen LogP contribution in [-0.4, -0.2) is 47.7 Å². The van der Waals surface area contributed by atoms with Gasteiger partial charge >= 0.3 is 6.18 Å². The molecule has 0 saturated carbocycles. The number of nitrogens with zero attached hydrogens (tertiary/aromatic N) is 1. The molecule has 1 aliphatic heterocycles. The van der Waals surface area contributed by atoms with E-state index in [1.54, 1.807) is 24.3 Å². The number of piperidine rings is 1. The lowest BCUT2D eigenvalue weighted by Gasteiger charge is -2.33. The summed E-state index contributed by atoms with van der Waals surface area (Å²) >= 11 is 0. The number of rotatable bonds is 4. The van der Waals surface area contributed by atoms with Gasteiger partial charge in [0.25, 0.3) is 0 Å². The topological polar surface area (TPSA) is 40.5 Å². The number of benzene rings is 1. The summed E-state index contributed by atoms with van der Waals surface area (Å²) in [6.07, 6.45) is -5.64. The van der Waals surface area contributed by atoms with E-state index in [0.29, 0.717) is 24.9 Å². The Kier molecular flexibility index (Phi) is 5.00. The van der Waals surface area contributed by atoms with E-state index in [-0.39, 0.29) is 18.2 Å². The van der Waals surface area contributed by atoms with Gasteiger partial charge in [-0.05, 0) is 19.4 Å². The molecule has 0 spiro atoms. The molecule has 1 aromatic carbocycles. The maximum absolute atomic E-state index is 12.4. The van der Waals surface area contributed by atoms with E-state index in [1.807, 2.05) is 6.07 Å². The highest BCUT2D eigenvalue weighted by Crippen LogP contribution is 2.25. The second-order valence-electron chi connectivity index (χ2n) is 5.39. The predicted octanol–water partition coefficient (Wildman–Crippen LogP) is 2.50. The van der Waals surface area contributed by atoms with Crippen molar-refractivity contribution in [2.24, 2.45) is 5.92 Å². The highest BCUT2D eigenvalue weighted by Gasteiger charge is 2.40. The number of alkyl halides is 3. The molecule has 1 saturated heterocycles. The van der Waals surface area contributed by atoms with Crippen LogP contribution >= 0.6 is 0 Å². The van der Waals surface area contributed by atoms with Gasteiger partial charge in [-0.15, -0.1) is 0 Å². The molecular formula is C15H18F3NO2. The molecule has 1 aromatic rings. The molecule has 2 rings (SSSR count). The van der Waals surface area contributed by atoms with Crippen LogP contribution < -0.4 is 0 Å². The van der Waals surface area contributed by atoms with Crippen LogP contribution in [0.3, 0.4) is 0 Å². The molecule has 0 aromatic heterocycles. The molecule has 2 unspecified atom stereocenters. The van der Waals surface area contributed by atoms with Crippen molar-refractivity contribution in [2.75, 3.05) is 19.6 Å². The normalized spacial score (nSPS) is 22.0. The van der Waals surface area contributed by atoms with Gasteiger partial charge in [0.2, 0.25) is 0 Å². The van der Waals surface area contributed by atoms with E-state index in [2.05, 4.69) is 0 Å². The standard InChI is InChI=1S/C15H18F3NO2/c16-15(17,18)13(20)10-19-8-4-7-12(9-19)14(21)11-5-2-1-3-6-11/h1-3,5-6,12-13,20H,4,7-10H2. The van der Waals surface area contributed by atoms with Crippen molar-refractivity contribution < 1.29 is 23.1 Å². The zero-order valence-electron chi connectivity index (χ0n) is 11.5. The number of hydrogen-bond donors (Lipinski definition) is 1. The van der Waals surface area contributed by atoms with Crippen molar-refractivity contribution in [3.05, 3.63) is 35.9 Å². The molecule has 0 bridgehead atoms. The van der Waals surface area contributed by atoms with Gasteiger partial charge < -0.3 is 5.11 Å². The molecule has 116 valence electrons. The van der Waals surface area contributed by atoms with E-state index < -0.39 is 18.8 Å². The molecule has 0 radical (unpaired) electrons. The molecule has 0 amide bonds. The summed E-state index contributed by atoms with van der Waals surface area (Å²) in [7, 11) is 0. The SMILES string of the molecule is O=C(c1ccccc1)C1CCCN(CC(O)C(F)(F)F)C1. The molecule has 1 aliphatic rings. The number of carbonyl (C=O) groups is 1. The van der Waals surface area contributed by atoms with Crippen LogP contribution in [0.5, 0.6) is 0 Å². The van der Waals surface area contributed by atoms with Gasteiger partial charge in [0.15, 0.2) is 11.9 Å². The summed E-state index contributed by atoms with van der Waals surface area (Å²) < 4.78 is 37.1. The minimum Gasteiger partial charge on any atom is -0.382 e. The first kappa shape index (κ1) is 16.0. The van der Waals surface area contributed by atoms with Crippen LogP contribution in [0.15, 0.2) is 30.3 Å². The first-order valence-corrected chi connectivity index (χ1v) is 6.94. The van der Waals surface area contributed by atoms with Gasteiger partial charge in [0, 0.05) is 24.6 Å². The average molecular weight is 301 g/mol. The summed E-state index contributed by atoms with van der Waals surface area (Å²) in [6.45, 7) is 0.272. The highest BCUT2D eigenvalue weighted by molar-refractivity contribution is 5.98. The lowest BCUT2D eigenvalue weighted by atomic mass is 9.90. The van der Waals surface area contributed by atoms with Crippen molar-refractivity contribution in [1.82, 2.24) is 4.90 Å². The Bertz CT molecular complexity index is 476. The average Bonchev–Trinajstić information content (AvgIpc) is 2.46. The smallest absolute Gasteiger partial charge is 0.382 e. The number of aliphatic hydroxyl groups is 1. The summed E-state index contributed by atoms with van der Waals surface area (Å²) in [5.74, 6) is -0.344. The number of aliphatic hydroxyl groups excluding tert-OH is 1. The minimum atomic E-state index is -4.61. The molecule has 21 heavy (non-hydrogen) atoms. The Balaban J connectivity index is 1.96. The first-order chi connectivity index (χ1) is 9.88.